The van der Waals surface area contributed by atoms with Crippen molar-refractivity contribution in [2.75, 3.05) is 0 Å². The Bertz CT molecular complexity index is 422. The van der Waals surface area contributed by atoms with Crippen LogP contribution in [0.3, 0.4) is 0 Å². The minimum absolute atomic E-state index is 0.445. The second kappa shape index (κ2) is 5.35. The van der Waals surface area contributed by atoms with Crippen molar-refractivity contribution in [2.45, 2.75) is 26.7 Å². The molecule has 2 rings (SSSR count). The maximum absolute atomic E-state index is 5.62. The summed E-state index contributed by atoms with van der Waals surface area (Å²) in [5.74, 6) is 1.98. The van der Waals surface area contributed by atoms with Crippen LogP contribution in [0, 0.1) is 11.8 Å². The summed E-state index contributed by atoms with van der Waals surface area (Å²) in [5.41, 5.74) is 2.54. The molecule has 0 spiro atoms. The molecular weight excluding hydrogens is 207 g/mol. The van der Waals surface area contributed by atoms with Gasteiger partial charge in [0.1, 0.15) is 0 Å². The summed E-state index contributed by atoms with van der Waals surface area (Å²) in [4.78, 5) is 0. The predicted octanol–water partition coefficient (Wildman–Crippen LogP) is 3.42. The Hall–Kier alpha value is -1.31. The van der Waals surface area contributed by atoms with Gasteiger partial charge in [-0.2, -0.15) is 0 Å². The zero-order valence-electron chi connectivity index (χ0n) is 10.6. The van der Waals surface area contributed by atoms with Crippen LogP contribution in [0.1, 0.15) is 32.3 Å². The third kappa shape index (κ3) is 2.69. The standard InChI is InChI=1S/C15H19BO/c1-4-11(2)14-10-15(16-17-12(14)3)13-8-6-5-7-9-13/h5-9,11,14H,3-4,10H2,1-2H3. The van der Waals surface area contributed by atoms with Crippen molar-refractivity contribution in [3.8, 4) is 0 Å². The van der Waals surface area contributed by atoms with Crippen molar-refractivity contribution >= 4 is 12.6 Å². The van der Waals surface area contributed by atoms with E-state index < -0.39 is 0 Å². The Kier molecular flexibility index (Phi) is 3.83. The molecule has 1 heterocycles. The van der Waals surface area contributed by atoms with E-state index >= 15 is 0 Å². The van der Waals surface area contributed by atoms with Gasteiger partial charge >= 0.3 is 104 Å². The van der Waals surface area contributed by atoms with Gasteiger partial charge in [0.05, 0.1) is 0 Å². The summed E-state index contributed by atoms with van der Waals surface area (Å²) in [7, 11) is 1.86. The molecular formula is C15H19BO. The molecule has 0 saturated heterocycles. The number of allylic oxidation sites excluding steroid dienone is 1. The second-order valence-electron chi connectivity index (χ2n) is 4.79. The normalized spacial score (nSPS) is 21.2. The van der Waals surface area contributed by atoms with Crippen LogP contribution in [-0.2, 0) is 4.65 Å². The summed E-state index contributed by atoms with van der Waals surface area (Å²) < 4.78 is 5.62. The maximum atomic E-state index is 5.62. The molecule has 2 unspecified atom stereocenters. The summed E-state index contributed by atoms with van der Waals surface area (Å²) in [5, 5.41) is 0. The van der Waals surface area contributed by atoms with E-state index in [2.05, 4.69) is 44.7 Å². The fourth-order valence-electron chi connectivity index (χ4n) is 2.27. The number of benzene rings is 1. The van der Waals surface area contributed by atoms with Crippen LogP contribution in [0.15, 0.2) is 42.7 Å². The van der Waals surface area contributed by atoms with Gasteiger partial charge in [-0.25, -0.2) is 0 Å². The van der Waals surface area contributed by atoms with E-state index in [9.17, 15) is 0 Å². The van der Waals surface area contributed by atoms with Gasteiger partial charge in [0, 0.05) is 0 Å². The van der Waals surface area contributed by atoms with Crippen molar-refractivity contribution in [3.63, 3.8) is 0 Å². The van der Waals surface area contributed by atoms with Gasteiger partial charge in [0.25, 0.3) is 0 Å². The first kappa shape index (κ1) is 12.2. The van der Waals surface area contributed by atoms with Crippen LogP contribution >= 0.6 is 0 Å². The van der Waals surface area contributed by atoms with Crippen molar-refractivity contribution in [2.24, 2.45) is 11.8 Å². The molecule has 1 aliphatic heterocycles. The molecule has 0 fully saturated rings. The molecule has 88 valence electrons. The third-order valence-corrected chi connectivity index (χ3v) is 3.68. The Morgan fingerprint density at radius 2 is 2.12 bits per heavy atom. The first-order valence-electron chi connectivity index (χ1n) is 6.32. The van der Waals surface area contributed by atoms with E-state index in [-0.39, 0.29) is 0 Å². The average molecular weight is 226 g/mol. The van der Waals surface area contributed by atoms with E-state index in [1.807, 2.05) is 13.2 Å². The Morgan fingerprint density at radius 1 is 1.41 bits per heavy atom. The van der Waals surface area contributed by atoms with Gasteiger partial charge in [0.2, 0.25) is 0 Å². The summed E-state index contributed by atoms with van der Waals surface area (Å²) in [6.07, 6.45) is 2.20. The van der Waals surface area contributed by atoms with E-state index in [0.29, 0.717) is 11.8 Å². The Labute approximate surface area is 104 Å². The van der Waals surface area contributed by atoms with Gasteiger partial charge in [-0.05, 0) is 0 Å². The molecule has 17 heavy (non-hydrogen) atoms. The number of rotatable bonds is 3. The van der Waals surface area contributed by atoms with Crippen LogP contribution in [0.5, 0.6) is 0 Å². The Balaban J connectivity index is 2.20. The molecule has 0 N–H and O–H groups in total. The first-order chi connectivity index (χ1) is 8.22. The monoisotopic (exact) mass is 226 g/mol. The predicted molar refractivity (Wildman–Crippen MR) is 74.1 cm³/mol. The molecule has 1 aromatic carbocycles. The van der Waals surface area contributed by atoms with E-state index in [4.69, 9.17) is 4.65 Å². The quantitative estimate of drug-likeness (QED) is 0.717. The zero-order valence-corrected chi connectivity index (χ0v) is 10.6. The average Bonchev–Trinajstić information content (AvgIpc) is 2.39. The second-order valence-corrected chi connectivity index (χ2v) is 4.79. The molecule has 2 atom stereocenters. The fourth-order valence-corrected chi connectivity index (χ4v) is 2.27. The van der Waals surface area contributed by atoms with Gasteiger partial charge in [0.15, 0.2) is 0 Å². The summed E-state index contributed by atoms with van der Waals surface area (Å²) in [6.45, 7) is 8.52. The minimum atomic E-state index is 0.445. The summed E-state index contributed by atoms with van der Waals surface area (Å²) >= 11 is 0. The van der Waals surface area contributed by atoms with E-state index in [0.717, 1.165) is 18.6 Å². The molecule has 0 aromatic heterocycles. The summed E-state index contributed by atoms with van der Waals surface area (Å²) in [6, 6.07) is 10.4. The van der Waals surface area contributed by atoms with Gasteiger partial charge in [-0.1, -0.05) is 0 Å². The fraction of sp³-hybridized carbons (Fsp3) is 0.400. The molecule has 2 heteroatoms. The molecule has 0 bridgehead atoms. The molecule has 1 aliphatic rings. The molecule has 0 amide bonds. The van der Waals surface area contributed by atoms with Crippen LogP contribution in [0.4, 0.5) is 0 Å². The molecule has 1 nitrogen and oxygen atoms in total. The van der Waals surface area contributed by atoms with E-state index in [1.165, 1.54) is 11.0 Å². The van der Waals surface area contributed by atoms with Crippen molar-refractivity contribution < 1.29 is 4.65 Å². The molecule has 0 aliphatic carbocycles. The van der Waals surface area contributed by atoms with Gasteiger partial charge < -0.3 is 0 Å². The van der Waals surface area contributed by atoms with E-state index in [1.54, 1.807) is 0 Å². The van der Waals surface area contributed by atoms with Gasteiger partial charge in [-0.15, -0.1) is 0 Å². The molecule has 1 aromatic rings. The number of hydrogen-bond acceptors (Lipinski definition) is 1. The topological polar surface area (TPSA) is 9.23 Å². The van der Waals surface area contributed by atoms with Crippen molar-refractivity contribution in [1.29, 1.82) is 0 Å². The third-order valence-electron chi connectivity index (χ3n) is 3.68. The first-order valence-corrected chi connectivity index (χ1v) is 6.32. The Morgan fingerprint density at radius 3 is 2.76 bits per heavy atom. The molecule has 0 saturated carbocycles. The number of hydrogen-bond donors (Lipinski definition) is 0. The zero-order chi connectivity index (χ0) is 12.3. The van der Waals surface area contributed by atoms with Crippen LogP contribution in [0.2, 0.25) is 0 Å². The van der Waals surface area contributed by atoms with Crippen LogP contribution < -0.4 is 0 Å². The van der Waals surface area contributed by atoms with Crippen molar-refractivity contribution in [3.05, 3.63) is 48.2 Å². The van der Waals surface area contributed by atoms with Gasteiger partial charge in [-0.3, -0.25) is 0 Å². The van der Waals surface area contributed by atoms with Crippen LogP contribution in [-0.4, -0.2) is 12.6 Å². The van der Waals surface area contributed by atoms with Crippen LogP contribution in [0.25, 0.3) is 0 Å². The SMILES string of the molecule is C=C1OB=C(c2ccccc2)CC1C(C)CC. The van der Waals surface area contributed by atoms with Crippen molar-refractivity contribution in [1.82, 2.24) is 0 Å². The molecule has 0 radical (unpaired) electrons.